The van der Waals surface area contributed by atoms with Crippen molar-refractivity contribution in [2.45, 2.75) is 45.6 Å². The number of hydrogen-bond acceptors (Lipinski definition) is 2. The van der Waals surface area contributed by atoms with Crippen LogP contribution in [-0.4, -0.2) is 13.6 Å². The molecular weight excluding hydrogens is 208 g/mol. The molecule has 1 aromatic carbocycles. The molecule has 1 rings (SSSR count). The lowest BCUT2D eigenvalue weighted by Gasteiger charge is -2.23. The van der Waals surface area contributed by atoms with Crippen LogP contribution in [0.2, 0.25) is 0 Å². The Morgan fingerprint density at radius 3 is 2.47 bits per heavy atom. The van der Waals surface area contributed by atoms with E-state index in [2.05, 4.69) is 51.2 Å². The van der Waals surface area contributed by atoms with E-state index in [0.29, 0.717) is 0 Å². The minimum Gasteiger partial charge on any atom is -0.324 e. The van der Waals surface area contributed by atoms with Crippen LogP contribution in [-0.2, 0) is 5.41 Å². The smallest absolute Gasteiger partial charge is 0.0309 e. The van der Waals surface area contributed by atoms with Gasteiger partial charge in [0.2, 0.25) is 0 Å². The summed E-state index contributed by atoms with van der Waals surface area (Å²) in [5, 5.41) is 3.15. The third kappa shape index (κ3) is 3.83. The number of benzene rings is 1. The number of rotatable bonds is 4. The highest BCUT2D eigenvalue weighted by molar-refractivity contribution is 5.36. The monoisotopic (exact) mass is 234 g/mol. The van der Waals surface area contributed by atoms with Crippen molar-refractivity contribution in [2.75, 3.05) is 13.6 Å². The van der Waals surface area contributed by atoms with Crippen molar-refractivity contribution in [1.29, 1.82) is 0 Å². The van der Waals surface area contributed by atoms with Gasteiger partial charge in [0.15, 0.2) is 0 Å². The second kappa shape index (κ2) is 5.65. The first-order valence-electron chi connectivity index (χ1n) is 6.37. The molecule has 2 nitrogen and oxygen atoms in total. The molecule has 0 aliphatic rings. The number of nitrogens with two attached hydrogens (primary N) is 1. The van der Waals surface area contributed by atoms with E-state index >= 15 is 0 Å². The molecule has 3 N–H and O–H groups in total. The van der Waals surface area contributed by atoms with E-state index in [1.165, 1.54) is 16.7 Å². The number of aryl methyl sites for hydroxylation is 1. The van der Waals surface area contributed by atoms with Crippen LogP contribution in [0.3, 0.4) is 0 Å². The average molecular weight is 234 g/mol. The van der Waals surface area contributed by atoms with Gasteiger partial charge in [-0.1, -0.05) is 39.0 Å². The molecule has 17 heavy (non-hydrogen) atoms. The third-order valence-electron chi connectivity index (χ3n) is 3.25. The van der Waals surface area contributed by atoms with Gasteiger partial charge in [-0.2, -0.15) is 0 Å². The van der Waals surface area contributed by atoms with Gasteiger partial charge in [0, 0.05) is 6.04 Å². The maximum Gasteiger partial charge on any atom is 0.0309 e. The zero-order chi connectivity index (χ0) is 13.1. The third-order valence-corrected chi connectivity index (χ3v) is 3.25. The first kappa shape index (κ1) is 14.2. The van der Waals surface area contributed by atoms with Gasteiger partial charge in [-0.3, -0.25) is 0 Å². The van der Waals surface area contributed by atoms with Crippen molar-refractivity contribution >= 4 is 0 Å². The Hall–Kier alpha value is -0.860. The van der Waals surface area contributed by atoms with Gasteiger partial charge in [-0.15, -0.1) is 0 Å². The van der Waals surface area contributed by atoms with Crippen molar-refractivity contribution in [1.82, 2.24) is 5.32 Å². The number of hydrogen-bond donors (Lipinski definition) is 2. The molecule has 0 saturated carbocycles. The Labute approximate surface area is 106 Å². The van der Waals surface area contributed by atoms with Crippen LogP contribution in [0.1, 0.15) is 49.9 Å². The summed E-state index contributed by atoms with van der Waals surface area (Å²) >= 11 is 0. The van der Waals surface area contributed by atoms with E-state index in [-0.39, 0.29) is 11.5 Å². The summed E-state index contributed by atoms with van der Waals surface area (Å²) in [6.07, 6.45) is 0.977. The maximum atomic E-state index is 6.25. The van der Waals surface area contributed by atoms with Gasteiger partial charge in [-0.05, 0) is 49.0 Å². The molecule has 0 saturated heterocycles. The normalized spacial score (nSPS) is 13.8. The summed E-state index contributed by atoms with van der Waals surface area (Å²) < 4.78 is 0. The van der Waals surface area contributed by atoms with Crippen LogP contribution in [0.5, 0.6) is 0 Å². The Kier molecular flexibility index (Phi) is 4.72. The molecule has 0 amide bonds. The molecular formula is C15H26N2. The summed E-state index contributed by atoms with van der Waals surface area (Å²) in [5.74, 6) is 0. The second-order valence-electron chi connectivity index (χ2n) is 5.82. The summed E-state index contributed by atoms with van der Waals surface area (Å²) in [6, 6.07) is 6.80. The van der Waals surface area contributed by atoms with Gasteiger partial charge < -0.3 is 11.1 Å². The first-order valence-corrected chi connectivity index (χ1v) is 6.37. The lowest BCUT2D eigenvalue weighted by Crippen LogP contribution is -2.20. The fourth-order valence-corrected chi connectivity index (χ4v) is 1.96. The molecule has 0 radical (unpaired) electrons. The topological polar surface area (TPSA) is 38.0 Å². The summed E-state index contributed by atoms with van der Waals surface area (Å²) in [5.41, 5.74) is 10.4. The van der Waals surface area contributed by atoms with E-state index in [1.807, 2.05) is 7.05 Å². The minimum atomic E-state index is 0.129. The van der Waals surface area contributed by atoms with Gasteiger partial charge >= 0.3 is 0 Å². The Morgan fingerprint density at radius 1 is 1.29 bits per heavy atom. The second-order valence-corrected chi connectivity index (χ2v) is 5.82. The van der Waals surface area contributed by atoms with Crippen LogP contribution in [0.15, 0.2) is 18.2 Å². The maximum absolute atomic E-state index is 6.25. The first-order chi connectivity index (χ1) is 7.86. The minimum absolute atomic E-state index is 0.129. The highest BCUT2D eigenvalue weighted by Gasteiger charge is 2.16. The van der Waals surface area contributed by atoms with Crippen LogP contribution >= 0.6 is 0 Å². The van der Waals surface area contributed by atoms with E-state index in [9.17, 15) is 0 Å². The van der Waals surface area contributed by atoms with Gasteiger partial charge in [0.1, 0.15) is 0 Å². The lowest BCUT2D eigenvalue weighted by atomic mass is 9.84. The van der Waals surface area contributed by atoms with E-state index in [4.69, 9.17) is 5.73 Å². The zero-order valence-electron chi connectivity index (χ0n) is 11.8. The van der Waals surface area contributed by atoms with Crippen LogP contribution in [0.25, 0.3) is 0 Å². The van der Waals surface area contributed by atoms with Crippen LogP contribution in [0, 0.1) is 6.92 Å². The van der Waals surface area contributed by atoms with Crippen molar-refractivity contribution in [2.24, 2.45) is 5.73 Å². The molecule has 0 aromatic heterocycles. The van der Waals surface area contributed by atoms with Gasteiger partial charge in [0.05, 0.1) is 0 Å². The van der Waals surface area contributed by atoms with E-state index in [1.54, 1.807) is 0 Å². The molecule has 0 heterocycles. The molecule has 1 atom stereocenters. The lowest BCUT2D eigenvalue weighted by molar-refractivity contribution is 0.580. The van der Waals surface area contributed by atoms with E-state index < -0.39 is 0 Å². The Morgan fingerprint density at radius 2 is 1.94 bits per heavy atom. The summed E-state index contributed by atoms with van der Waals surface area (Å²) in [7, 11) is 1.96. The predicted molar refractivity (Wildman–Crippen MR) is 75.4 cm³/mol. The van der Waals surface area contributed by atoms with Gasteiger partial charge in [0.25, 0.3) is 0 Å². The SMILES string of the molecule is CNCCC(N)c1cc(C(C)(C)C)ccc1C. The van der Waals surface area contributed by atoms with Crippen molar-refractivity contribution in [3.8, 4) is 0 Å². The Balaban J connectivity index is 2.98. The standard InChI is InChI=1S/C15H26N2/c1-11-6-7-12(15(2,3)4)10-13(11)14(16)8-9-17-5/h6-7,10,14,17H,8-9,16H2,1-5H3. The fraction of sp³-hybridized carbons (Fsp3) is 0.600. The van der Waals surface area contributed by atoms with Crippen molar-refractivity contribution in [3.05, 3.63) is 34.9 Å². The highest BCUT2D eigenvalue weighted by atomic mass is 14.8. The summed E-state index contributed by atoms with van der Waals surface area (Å²) in [4.78, 5) is 0. The van der Waals surface area contributed by atoms with Crippen LogP contribution < -0.4 is 11.1 Å². The quantitative estimate of drug-likeness (QED) is 0.840. The highest BCUT2D eigenvalue weighted by Crippen LogP contribution is 2.27. The molecule has 0 fully saturated rings. The predicted octanol–water partition coefficient (Wildman–Crippen LogP) is 2.90. The molecule has 0 spiro atoms. The molecule has 0 aliphatic heterocycles. The zero-order valence-corrected chi connectivity index (χ0v) is 11.8. The largest absolute Gasteiger partial charge is 0.324 e. The molecule has 96 valence electrons. The number of nitrogens with one attached hydrogen (secondary N) is 1. The van der Waals surface area contributed by atoms with E-state index in [0.717, 1.165) is 13.0 Å². The molecule has 2 heteroatoms. The molecule has 1 unspecified atom stereocenters. The molecule has 0 bridgehead atoms. The van der Waals surface area contributed by atoms with Crippen molar-refractivity contribution in [3.63, 3.8) is 0 Å². The summed E-state index contributed by atoms with van der Waals surface area (Å²) in [6.45, 7) is 9.81. The van der Waals surface area contributed by atoms with Crippen LogP contribution in [0.4, 0.5) is 0 Å². The molecule has 0 aliphatic carbocycles. The Bertz CT molecular complexity index is 364. The van der Waals surface area contributed by atoms with Crippen molar-refractivity contribution < 1.29 is 0 Å². The average Bonchev–Trinajstić information content (AvgIpc) is 2.24. The fourth-order valence-electron chi connectivity index (χ4n) is 1.96. The van der Waals surface area contributed by atoms with Gasteiger partial charge in [-0.25, -0.2) is 0 Å². The molecule has 1 aromatic rings.